The van der Waals surface area contributed by atoms with E-state index in [1.54, 1.807) is 22.8 Å². The number of sulfonamides is 1. The van der Waals surface area contributed by atoms with Gasteiger partial charge in [-0.15, -0.1) is 0 Å². The number of nitrogens with zero attached hydrogens (tertiary/aromatic N) is 2. The number of hydrogen-bond donors (Lipinski definition) is 1. The Bertz CT molecular complexity index is 955. The summed E-state index contributed by atoms with van der Waals surface area (Å²) in [6.45, 7) is 6.86. The second-order valence-corrected chi connectivity index (χ2v) is 9.30. The summed E-state index contributed by atoms with van der Waals surface area (Å²) in [5.41, 5.74) is 2.58. The molecule has 3 rings (SSSR count). The van der Waals surface area contributed by atoms with E-state index in [1.165, 1.54) is 6.07 Å². The van der Waals surface area contributed by atoms with Crippen LogP contribution >= 0.6 is 0 Å². The Hall–Kier alpha value is -2.12. The van der Waals surface area contributed by atoms with E-state index in [2.05, 4.69) is 12.2 Å². The molecule has 1 fully saturated rings. The molecule has 146 valence electrons. The normalized spacial score (nSPS) is 16.4. The quantitative estimate of drug-likeness (QED) is 0.872. The van der Waals surface area contributed by atoms with Gasteiger partial charge in [0, 0.05) is 31.5 Å². The first-order valence-electron chi connectivity index (χ1n) is 9.25. The van der Waals surface area contributed by atoms with E-state index in [0.29, 0.717) is 30.4 Å². The number of para-hydroxylation sites is 1. The van der Waals surface area contributed by atoms with Crippen molar-refractivity contribution in [1.82, 2.24) is 8.87 Å². The predicted molar refractivity (Wildman–Crippen MR) is 106 cm³/mol. The summed E-state index contributed by atoms with van der Waals surface area (Å²) in [4.78, 5) is 13.0. The highest BCUT2D eigenvalue weighted by Gasteiger charge is 2.32. The van der Waals surface area contributed by atoms with Crippen molar-refractivity contribution in [2.45, 2.75) is 38.5 Å². The zero-order valence-corrected chi connectivity index (χ0v) is 17.1. The molecule has 0 aliphatic carbocycles. The molecule has 1 amide bonds. The van der Waals surface area contributed by atoms with Crippen LogP contribution in [-0.4, -0.2) is 36.3 Å². The van der Waals surface area contributed by atoms with Crippen molar-refractivity contribution in [3.63, 3.8) is 0 Å². The number of benzene rings is 1. The summed E-state index contributed by atoms with van der Waals surface area (Å²) in [7, 11) is -1.88. The maximum absolute atomic E-state index is 13.1. The smallest absolute Gasteiger partial charge is 0.272 e. The summed E-state index contributed by atoms with van der Waals surface area (Å²) in [5, 5.41) is 2.88. The van der Waals surface area contributed by atoms with E-state index in [4.69, 9.17) is 0 Å². The lowest BCUT2D eigenvalue weighted by Crippen LogP contribution is -2.38. The first-order valence-corrected chi connectivity index (χ1v) is 10.7. The number of anilines is 1. The summed E-state index contributed by atoms with van der Waals surface area (Å²) in [6.07, 6.45) is 1.73. The third-order valence-corrected chi connectivity index (χ3v) is 7.49. The van der Waals surface area contributed by atoms with E-state index < -0.39 is 10.0 Å². The van der Waals surface area contributed by atoms with Crippen LogP contribution in [0.2, 0.25) is 0 Å². The molecular formula is C20H27N3O3S. The Balaban J connectivity index is 1.90. The zero-order chi connectivity index (χ0) is 19.8. The number of rotatable bonds is 4. The van der Waals surface area contributed by atoms with Crippen LogP contribution in [-0.2, 0) is 17.1 Å². The summed E-state index contributed by atoms with van der Waals surface area (Å²) >= 11 is 0. The fourth-order valence-electron chi connectivity index (χ4n) is 3.41. The monoisotopic (exact) mass is 389 g/mol. The minimum Gasteiger partial charge on any atom is -0.343 e. The van der Waals surface area contributed by atoms with Gasteiger partial charge >= 0.3 is 0 Å². The van der Waals surface area contributed by atoms with Crippen molar-refractivity contribution in [3.8, 4) is 0 Å². The van der Waals surface area contributed by atoms with E-state index in [0.717, 1.165) is 24.1 Å². The molecule has 1 saturated heterocycles. The van der Waals surface area contributed by atoms with Crippen molar-refractivity contribution in [2.24, 2.45) is 13.0 Å². The standard InChI is InChI=1S/C20H27N3O3S/c1-14-9-11-23(12-10-14)27(25,26)19-13-18(22(4)16(19)3)20(24)21-17-8-6-5-7-15(17)2/h5-8,13-14H,9-12H2,1-4H3,(H,21,24). The predicted octanol–water partition coefficient (Wildman–Crippen LogP) is 3.31. The molecule has 2 aromatic rings. The van der Waals surface area contributed by atoms with E-state index in [1.807, 2.05) is 31.2 Å². The van der Waals surface area contributed by atoms with Crippen molar-refractivity contribution in [2.75, 3.05) is 18.4 Å². The van der Waals surface area contributed by atoms with Crippen molar-refractivity contribution < 1.29 is 13.2 Å². The Morgan fingerprint density at radius 1 is 1.15 bits per heavy atom. The van der Waals surface area contributed by atoms with Crippen LogP contribution in [0.4, 0.5) is 5.69 Å². The van der Waals surface area contributed by atoms with Gasteiger partial charge in [-0.1, -0.05) is 25.1 Å². The van der Waals surface area contributed by atoms with Crippen LogP contribution < -0.4 is 5.32 Å². The van der Waals surface area contributed by atoms with Crippen LogP contribution in [0.5, 0.6) is 0 Å². The van der Waals surface area contributed by atoms with Gasteiger partial charge in [-0.25, -0.2) is 8.42 Å². The van der Waals surface area contributed by atoms with Gasteiger partial charge in [0.2, 0.25) is 10.0 Å². The summed E-state index contributed by atoms with van der Waals surface area (Å²) in [6, 6.07) is 9.00. The number of carbonyl (C=O) groups is 1. The average molecular weight is 390 g/mol. The Morgan fingerprint density at radius 2 is 1.78 bits per heavy atom. The van der Waals surface area contributed by atoms with Crippen LogP contribution in [0, 0.1) is 19.8 Å². The molecule has 0 atom stereocenters. The molecule has 0 spiro atoms. The van der Waals surface area contributed by atoms with Gasteiger partial charge in [0.1, 0.15) is 10.6 Å². The lowest BCUT2D eigenvalue weighted by Gasteiger charge is -2.29. The van der Waals surface area contributed by atoms with Crippen LogP contribution in [0.15, 0.2) is 35.2 Å². The number of nitrogens with one attached hydrogen (secondary N) is 1. The number of carbonyl (C=O) groups excluding carboxylic acids is 1. The highest BCUT2D eigenvalue weighted by Crippen LogP contribution is 2.27. The molecule has 1 aromatic heterocycles. The Morgan fingerprint density at radius 3 is 2.41 bits per heavy atom. The summed E-state index contributed by atoms with van der Waals surface area (Å²) in [5.74, 6) is 0.229. The highest BCUT2D eigenvalue weighted by atomic mass is 32.2. The number of aromatic nitrogens is 1. The van der Waals surface area contributed by atoms with Crippen molar-refractivity contribution in [1.29, 1.82) is 0 Å². The molecule has 0 bridgehead atoms. The van der Waals surface area contributed by atoms with Crippen molar-refractivity contribution in [3.05, 3.63) is 47.3 Å². The molecule has 0 saturated carbocycles. The molecule has 2 heterocycles. The highest BCUT2D eigenvalue weighted by molar-refractivity contribution is 7.89. The molecule has 0 radical (unpaired) electrons. The number of piperidine rings is 1. The molecule has 7 heteroatoms. The van der Waals surface area contributed by atoms with E-state index >= 15 is 0 Å². The largest absolute Gasteiger partial charge is 0.343 e. The van der Waals surface area contributed by atoms with Crippen LogP contribution in [0.3, 0.4) is 0 Å². The van der Waals surface area contributed by atoms with Gasteiger partial charge in [0.15, 0.2) is 0 Å². The van der Waals surface area contributed by atoms with Crippen LogP contribution in [0.25, 0.3) is 0 Å². The fourth-order valence-corrected chi connectivity index (χ4v) is 5.15. The molecule has 1 aliphatic rings. The van der Waals surface area contributed by atoms with Gasteiger partial charge < -0.3 is 9.88 Å². The average Bonchev–Trinajstić information content (AvgIpc) is 2.93. The topological polar surface area (TPSA) is 71.4 Å². The maximum Gasteiger partial charge on any atom is 0.272 e. The molecule has 27 heavy (non-hydrogen) atoms. The van der Waals surface area contributed by atoms with E-state index in [9.17, 15) is 13.2 Å². The SMILES string of the molecule is Cc1ccccc1NC(=O)c1cc(S(=O)(=O)N2CCC(C)CC2)c(C)n1C. The maximum atomic E-state index is 13.1. The van der Waals surface area contributed by atoms with Gasteiger partial charge in [0.05, 0.1) is 0 Å². The molecule has 0 unspecified atom stereocenters. The van der Waals surface area contributed by atoms with Crippen molar-refractivity contribution >= 4 is 21.6 Å². The number of aryl methyl sites for hydroxylation is 1. The van der Waals surface area contributed by atoms with E-state index in [-0.39, 0.29) is 10.8 Å². The minimum absolute atomic E-state index is 0.217. The molecular weight excluding hydrogens is 362 g/mol. The second-order valence-electron chi connectivity index (χ2n) is 7.39. The van der Waals surface area contributed by atoms with Gasteiger partial charge in [-0.05, 0) is 50.3 Å². The third kappa shape index (κ3) is 3.80. The first-order chi connectivity index (χ1) is 12.7. The van der Waals surface area contributed by atoms with Gasteiger partial charge in [-0.3, -0.25) is 4.79 Å². The number of amides is 1. The summed E-state index contributed by atoms with van der Waals surface area (Å²) < 4.78 is 29.4. The second kappa shape index (κ2) is 7.48. The molecule has 1 aliphatic heterocycles. The van der Waals surface area contributed by atoms with Gasteiger partial charge in [-0.2, -0.15) is 4.31 Å². The fraction of sp³-hybridized carbons (Fsp3) is 0.450. The third-order valence-electron chi connectivity index (χ3n) is 5.48. The van der Waals surface area contributed by atoms with Gasteiger partial charge in [0.25, 0.3) is 5.91 Å². The minimum atomic E-state index is -3.60. The number of hydrogen-bond acceptors (Lipinski definition) is 3. The first kappa shape index (κ1) is 19.6. The lowest BCUT2D eigenvalue weighted by molar-refractivity contribution is 0.101. The zero-order valence-electron chi connectivity index (χ0n) is 16.3. The molecule has 6 nitrogen and oxygen atoms in total. The molecule has 1 aromatic carbocycles. The Labute approximate surface area is 161 Å². The lowest BCUT2D eigenvalue weighted by atomic mass is 10.0. The Kier molecular flexibility index (Phi) is 5.44. The molecule has 1 N–H and O–H groups in total. The van der Waals surface area contributed by atoms with Crippen LogP contribution in [0.1, 0.15) is 41.5 Å².